The van der Waals surface area contributed by atoms with Gasteiger partial charge in [0.25, 0.3) is 0 Å². The molecule has 1 aromatic rings. The third-order valence-electron chi connectivity index (χ3n) is 2.87. The molecule has 5 heteroatoms. The van der Waals surface area contributed by atoms with Gasteiger partial charge in [-0.15, -0.1) is 0 Å². The second-order valence-corrected chi connectivity index (χ2v) is 5.48. The van der Waals surface area contributed by atoms with Gasteiger partial charge in [-0.05, 0) is 31.2 Å². The van der Waals surface area contributed by atoms with Crippen LogP contribution < -0.4 is 15.8 Å². The molecule has 3 N–H and O–H groups in total. The first kappa shape index (κ1) is 15.7. The van der Waals surface area contributed by atoms with Crippen molar-refractivity contribution in [3.05, 3.63) is 12.3 Å². The molecule has 1 heterocycles. The molecule has 0 radical (unpaired) electrons. The summed E-state index contributed by atoms with van der Waals surface area (Å²) in [6, 6.07) is 1.78. The molecule has 0 unspecified atom stereocenters. The number of nitrogens with zero attached hydrogens (tertiary/aromatic N) is 2. The Morgan fingerprint density at radius 2 is 2.21 bits per heavy atom. The summed E-state index contributed by atoms with van der Waals surface area (Å²) in [6.07, 6.45) is 4.81. The summed E-state index contributed by atoms with van der Waals surface area (Å²) < 4.78 is 5.49. The summed E-state index contributed by atoms with van der Waals surface area (Å²) in [4.78, 5) is 8.53. The smallest absolute Gasteiger partial charge is 0.225 e. The Labute approximate surface area is 116 Å². The van der Waals surface area contributed by atoms with Crippen LogP contribution in [0.4, 0.5) is 5.95 Å². The molecule has 0 bridgehead atoms. The fourth-order valence-electron chi connectivity index (χ4n) is 1.70. The number of rotatable bonds is 9. The monoisotopic (exact) mass is 266 g/mol. The van der Waals surface area contributed by atoms with E-state index >= 15 is 0 Å². The standard InChI is InChI=1S/C14H26N4O/c1-4-10-19-12-6-9-16-13(18-12)17-11-14(2,3)7-5-8-15/h6,9H,4-5,7-8,10-11,15H2,1-3H3,(H,16,17,18). The van der Waals surface area contributed by atoms with Crippen molar-refractivity contribution in [2.45, 2.75) is 40.0 Å². The topological polar surface area (TPSA) is 73.1 Å². The van der Waals surface area contributed by atoms with Crippen molar-refractivity contribution in [2.24, 2.45) is 11.1 Å². The molecule has 108 valence electrons. The Morgan fingerprint density at radius 1 is 1.42 bits per heavy atom. The van der Waals surface area contributed by atoms with Gasteiger partial charge in [0.15, 0.2) is 0 Å². The van der Waals surface area contributed by atoms with Gasteiger partial charge >= 0.3 is 0 Å². The van der Waals surface area contributed by atoms with E-state index in [4.69, 9.17) is 10.5 Å². The number of anilines is 1. The minimum Gasteiger partial charge on any atom is -0.478 e. The van der Waals surface area contributed by atoms with E-state index in [1.807, 2.05) is 0 Å². The number of hydrogen-bond acceptors (Lipinski definition) is 5. The number of nitrogens with one attached hydrogen (secondary N) is 1. The van der Waals surface area contributed by atoms with Crippen LogP contribution in [0.2, 0.25) is 0 Å². The van der Waals surface area contributed by atoms with Crippen molar-refractivity contribution in [1.82, 2.24) is 9.97 Å². The van der Waals surface area contributed by atoms with Crippen LogP contribution in [0.1, 0.15) is 40.0 Å². The highest BCUT2D eigenvalue weighted by atomic mass is 16.5. The van der Waals surface area contributed by atoms with Gasteiger partial charge in [-0.2, -0.15) is 4.98 Å². The van der Waals surface area contributed by atoms with Crippen molar-refractivity contribution in [3.63, 3.8) is 0 Å². The number of nitrogens with two attached hydrogens (primary N) is 1. The van der Waals surface area contributed by atoms with E-state index in [1.165, 1.54) is 0 Å². The zero-order valence-electron chi connectivity index (χ0n) is 12.3. The lowest BCUT2D eigenvalue weighted by molar-refractivity contribution is 0.304. The summed E-state index contributed by atoms with van der Waals surface area (Å²) in [6.45, 7) is 8.74. The van der Waals surface area contributed by atoms with Crippen LogP contribution in [0.15, 0.2) is 12.3 Å². The summed E-state index contributed by atoms with van der Waals surface area (Å²) in [5.74, 6) is 1.24. The van der Waals surface area contributed by atoms with E-state index in [0.29, 0.717) is 18.4 Å². The fourth-order valence-corrected chi connectivity index (χ4v) is 1.70. The lowest BCUT2D eigenvalue weighted by Crippen LogP contribution is -2.24. The molecule has 0 atom stereocenters. The van der Waals surface area contributed by atoms with E-state index in [2.05, 4.69) is 36.1 Å². The van der Waals surface area contributed by atoms with Crippen LogP contribution in [-0.2, 0) is 0 Å². The zero-order chi connectivity index (χ0) is 14.1. The molecule has 0 aromatic carbocycles. The van der Waals surface area contributed by atoms with Crippen molar-refractivity contribution >= 4 is 5.95 Å². The maximum absolute atomic E-state index is 5.55. The van der Waals surface area contributed by atoms with Gasteiger partial charge < -0.3 is 15.8 Å². The quantitative estimate of drug-likeness (QED) is 0.718. The van der Waals surface area contributed by atoms with Crippen molar-refractivity contribution in [2.75, 3.05) is 25.0 Å². The molecule has 0 spiro atoms. The number of hydrogen-bond donors (Lipinski definition) is 2. The third-order valence-corrected chi connectivity index (χ3v) is 2.87. The van der Waals surface area contributed by atoms with Gasteiger partial charge in [-0.25, -0.2) is 4.98 Å². The second kappa shape index (κ2) is 7.94. The molecule has 0 fully saturated rings. The first-order chi connectivity index (χ1) is 9.07. The van der Waals surface area contributed by atoms with E-state index in [0.717, 1.165) is 32.4 Å². The molecule has 0 aliphatic carbocycles. The van der Waals surface area contributed by atoms with Crippen molar-refractivity contribution in [3.8, 4) is 5.88 Å². The fraction of sp³-hybridized carbons (Fsp3) is 0.714. The van der Waals surface area contributed by atoms with E-state index < -0.39 is 0 Å². The van der Waals surface area contributed by atoms with Gasteiger partial charge in [0, 0.05) is 18.8 Å². The van der Waals surface area contributed by atoms with Gasteiger partial charge in [0.2, 0.25) is 11.8 Å². The molecule has 5 nitrogen and oxygen atoms in total. The normalized spacial score (nSPS) is 11.4. The summed E-state index contributed by atoms with van der Waals surface area (Å²) in [7, 11) is 0. The van der Waals surface area contributed by atoms with E-state index in [9.17, 15) is 0 Å². The molecule has 1 rings (SSSR count). The molecular weight excluding hydrogens is 240 g/mol. The Bertz CT molecular complexity index is 368. The SMILES string of the molecule is CCCOc1ccnc(NCC(C)(C)CCCN)n1. The van der Waals surface area contributed by atoms with E-state index in [1.54, 1.807) is 12.3 Å². The van der Waals surface area contributed by atoms with E-state index in [-0.39, 0.29) is 5.41 Å². The first-order valence-electron chi connectivity index (χ1n) is 6.97. The zero-order valence-corrected chi connectivity index (χ0v) is 12.3. The lowest BCUT2D eigenvalue weighted by atomic mass is 9.88. The summed E-state index contributed by atoms with van der Waals surface area (Å²) in [5.41, 5.74) is 5.73. The third kappa shape index (κ3) is 6.38. The van der Waals surface area contributed by atoms with Gasteiger partial charge in [0.1, 0.15) is 0 Å². The van der Waals surface area contributed by atoms with Crippen LogP contribution in [0.5, 0.6) is 5.88 Å². The Hall–Kier alpha value is -1.36. The highest BCUT2D eigenvalue weighted by Crippen LogP contribution is 2.22. The minimum absolute atomic E-state index is 0.184. The average molecular weight is 266 g/mol. The molecule has 0 saturated carbocycles. The summed E-state index contributed by atoms with van der Waals surface area (Å²) in [5, 5.41) is 3.27. The second-order valence-electron chi connectivity index (χ2n) is 5.48. The van der Waals surface area contributed by atoms with Crippen LogP contribution in [0, 0.1) is 5.41 Å². The highest BCUT2D eigenvalue weighted by Gasteiger charge is 2.17. The maximum atomic E-state index is 5.55. The van der Waals surface area contributed by atoms with Crippen LogP contribution in [0.25, 0.3) is 0 Å². The predicted octanol–water partition coefficient (Wildman–Crippen LogP) is 2.44. The Kier molecular flexibility index (Phi) is 6.56. The van der Waals surface area contributed by atoms with Crippen LogP contribution in [0.3, 0.4) is 0 Å². The maximum Gasteiger partial charge on any atom is 0.225 e. The molecule has 0 aliphatic heterocycles. The number of ether oxygens (including phenoxy) is 1. The highest BCUT2D eigenvalue weighted by molar-refractivity contribution is 5.27. The largest absolute Gasteiger partial charge is 0.478 e. The average Bonchev–Trinajstić information content (AvgIpc) is 2.41. The van der Waals surface area contributed by atoms with Crippen molar-refractivity contribution < 1.29 is 4.74 Å². The molecular formula is C14H26N4O. The van der Waals surface area contributed by atoms with Gasteiger partial charge in [-0.3, -0.25) is 0 Å². The number of aromatic nitrogens is 2. The molecule has 0 aliphatic rings. The first-order valence-corrected chi connectivity index (χ1v) is 6.97. The van der Waals surface area contributed by atoms with Crippen LogP contribution in [-0.4, -0.2) is 29.7 Å². The Balaban J connectivity index is 2.48. The van der Waals surface area contributed by atoms with Crippen LogP contribution >= 0.6 is 0 Å². The van der Waals surface area contributed by atoms with Gasteiger partial charge in [-0.1, -0.05) is 20.8 Å². The van der Waals surface area contributed by atoms with Crippen molar-refractivity contribution in [1.29, 1.82) is 0 Å². The Morgan fingerprint density at radius 3 is 2.89 bits per heavy atom. The minimum atomic E-state index is 0.184. The molecule has 1 aromatic heterocycles. The van der Waals surface area contributed by atoms with Gasteiger partial charge in [0.05, 0.1) is 6.61 Å². The molecule has 19 heavy (non-hydrogen) atoms. The molecule has 0 amide bonds. The summed E-state index contributed by atoms with van der Waals surface area (Å²) >= 11 is 0. The lowest BCUT2D eigenvalue weighted by Gasteiger charge is -2.24. The predicted molar refractivity (Wildman–Crippen MR) is 78.4 cm³/mol. The molecule has 0 saturated heterocycles.